The highest BCUT2D eigenvalue weighted by molar-refractivity contribution is 8.18. The van der Waals surface area contributed by atoms with Gasteiger partial charge in [0.2, 0.25) is 0 Å². The molecule has 0 saturated carbocycles. The highest BCUT2D eigenvalue weighted by Crippen LogP contribution is 2.29. The highest BCUT2D eigenvalue weighted by Gasteiger charge is 2.41. The Kier molecular flexibility index (Phi) is 5.63. The lowest BCUT2D eigenvalue weighted by molar-refractivity contribution is -0.189. The summed E-state index contributed by atoms with van der Waals surface area (Å²) in [6.45, 7) is 0. The van der Waals surface area contributed by atoms with Crippen LogP contribution in [0.1, 0.15) is 5.56 Å². The molecule has 27 heavy (non-hydrogen) atoms. The number of amides is 2. The van der Waals surface area contributed by atoms with Crippen LogP contribution in [0.3, 0.4) is 0 Å². The number of nitrogens with one attached hydrogen (secondary N) is 1. The lowest BCUT2D eigenvalue weighted by Crippen LogP contribution is -2.38. The van der Waals surface area contributed by atoms with Crippen LogP contribution in [0.4, 0.5) is 26.3 Å². The molecule has 1 aliphatic heterocycles. The van der Waals surface area contributed by atoms with E-state index in [1.165, 1.54) is 23.5 Å². The first-order valence-corrected chi connectivity index (χ1v) is 7.48. The van der Waals surface area contributed by atoms with E-state index in [9.17, 15) is 40.7 Å². The fourth-order valence-corrected chi connectivity index (χ4v) is 2.39. The van der Waals surface area contributed by atoms with Crippen molar-refractivity contribution in [2.24, 2.45) is 4.99 Å². The number of amidine groups is 1. The Morgan fingerprint density at radius 2 is 1.63 bits per heavy atom. The van der Waals surface area contributed by atoms with E-state index in [-0.39, 0.29) is 10.5 Å². The number of rotatable bonds is 2. The molecule has 1 N–H and O–H groups in total. The highest BCUT2D eigenvalue weighted by atomic mass is 32.2. The Hall–Kier alpha value is -2.83. The average molecular weight is 412 g/mol. The predicted octanol–water partition coefficient (Wildman–Crippen LogP) is 2.80. The maximum Gasteiger partial charge on any atom is 0.491 e. The zero-order valence-corrected chi connectivity index (χ0v) is 13.5. The van der Waals surface area contributed by atoms with E-state index in [2.05, 4.69) is 9.73 Å². The van der Waals surface area contributed by atoms with Gasteiger partial charge < -0.3 is 4.74 Å². The maximum absolute atomic E-state index is 12.2. The topological polar surface area (TPSA) is 84.8 Å². The minimum Gasteiger partial charge on any atom is -0.420 e. The minimum absolute atomic E-state index is 0.132. The van der Waals surface area contributed by atoms with Crippen LogP contribution in [0.5, 0.6) is 5.75 Å². The molecule has 0 bridgehead atoms. The Morgan fingerprint density at radius 3 is 2.15 bits per heavy atom. The van der Waals surface area contributed by atoms with Gasteiger partial charge in [-0.2, -0.15) is 31.3 Å². The lowest BCUT2D eigenvalue weighted by atomic mass is 10.2. The third-order valence-corrected chi connectivity index (χ3v) is 3.62. The van der Waals surface area contributed by atoms with Gasteiger partial charge in [0, 0.05) is 0 Å². The minimum atomic E-state index is -5.16. The van der Waals surface area contributed by atoms with Crippen LogP contribution in [0.2, 0.25) is 0 Å². The second kappa shape index (κ2) is 7.42. The number of hydrogen-bond acceptors (Lipinski definition) is 5. The summed E-state index contributed by atoms with van der Waals surface area (Å²) in [6.07, 6.45) is -9.14. The number of thioether (sulfide) groups is 1. The summed E-state index contributed by atoms with van der Waals surface area (Å²) in [6, 6.07) is 4.44. The number of carbonyl (C=O) groups is 3. The van der Waals surface area contributed by atoms with Gasteiger partial charge in [0.15, 0.2) is 5.17 Å². The van der Waals surface area contributed by atoms with E-state index in [0.29, 0.717) is 11.8 Å². The number of benzene rings is 1. The molecule has 1 aromatic rings. The van der Waals surface area contributed by atoms with Crippen LogP contribution in [-0.4, -0.2) is 35.3 Å². The van der Waals surface area contributed by atoms with Crippen molar-refractivity contribution >= 4 is 40.8 Å². The van der Waals surface area contributed by atoms with Gasteiger partial charge in [0.05, 0.1) is 4.91 Å². The van der Waals surface area contributed by atoms with Crippen LogP contribution in [0.25, 0.3) is 6.08 Å². The van der Waals surface area contributed by atoms with Crippen molar-refractivity contribution in [1.29, 1.82) is 0 Å². The Morgan fingerprint density at radius 1 is 1.04 bits per heavy atom. The molecule has 0 atom stereocenters. The normalized spacial score (nSPS) is 16.3. The van der Waals surface area contributed by atoms with Crippen molar-refractivity contribution in [3.05, 3.63) is 34.7 Å². The SMILES string of the molecule is O=C1N=C(NC(=O)C(F)(F)F)S/C1=C\c1ccc(OC(=O)C(F)(F)F)cc1. The molecule has 1 aliphatic rings. The predicted molar refractivity (Wildman–Crippen MR) is 80.3 cm³/mol. The van der Waals surface area contributed by atoms with Crippen molar-refractivity contribution in [2.45, 2.75) is 12.4 Å². The molecule has 144 valence electrons. The van der Waals surface area contributed by atoms with Crippen molar-refractivity contribution in [2.75, 3.05) is 0 Å². The summed E-state index contributed by atoms with van der Waals surface area (Å²) in [5.74, 6) is -6.02. The molecule has 2 rings (SSSR count). The van der Waals surface area contributed by atoms with E-state index in [4.69, 9.17) is 0 Å². The van der Waals surface area contributed by atoms with Gasteiger partial charge >= 0.3 is 24.2 Å². The third kappa shape index (κ3) is 5.57. The summed E-state index contributed by atoms with van der Waals surface area (Å²) in [4.78, 5) is 36.3. The molecule has 1 heterocycles. The van der Waals surface area contributed by atoms with Gasteiger partial charge in [0.25, 0.3) is 5.91 Å². The summed E-state index contributed by atoms with van der Waals surface area (Å²) >= 11 is 0.472. The van der Waals surface area contributed by atoms with Crippen LogP contribution in [0.15, 0.2) is 34.2 Å². The summed E-state index contributed by atoms with van der Waals surface area (Å²) in [5.41, 5.74) is 0.260. The number of aliphatic imine (C=N–C) groups is 1. The molecule has 0 aliphatic carbocycles. The number of ether oxygens (including phenoxy) is 1. The fraction of sp³-hybridized carbons (Fsp3) is 0.143. The Balaban J connectivity index is 2.04. The van der Waals surface area contributed by atoms with E-state index >= 15 is 0 Å². The molecule has 1 aromatic carbocycles. The molecular formula is C14H6F6N2O4S. The molecule has 6 nitrogen and oxygen atoms in total. The summed E-state index contributed by atoms with van der Waals surface area (Å²) < 4.78 is 76.8. The second-order valence-electron chi connectivity index (χ2n) is 4.74. The Bertz CT molecular complexity index is 843. The van der Waals surface area contributed by atoms with Crippen LogP contribution >= 0.6 is 11.8 Å². The molecule has 0 spiro atoms. The van der Waals surface area contributed by atoms with Crippen molar-refractivity contribution < 1.29 is 45.5 Å². The number of esters is 1. The first-order valence-electron chi connectivity index (χ1n) is 6.66. The molecule has 2 amide bonds. The Labute approximate surface area is 150 Å². The number of halogens is 6. The monoisotopic (exact) mass is 412 g/mol. The first kappa shape index (κ1) is 20.5. The number of nitrogens with zero attached hydrogens (tertiary/aromatic N) is 1. The van der Waals surface area contributed by atoms with Crippen molar-refractivity contribution in [1.82, 2.24) is 5.32 Å². The molecule has 0 fully saturated rings. The molecule has 13 heteroatoms. The standard InChI is InChI=1S/C14H6F6N2O4S/c15-13(16,17)10(24)22-12-21-9(23)8(27-12)5-6-1-3-7(4-2-6)26-11(25)14(18,19)20/h1-5H,(H,21,22,23,24)/b8-5-. The third-order valence-electron chi connectivity index (χ3n) is 2.72. The zero-order chi connectivity index (χ0) is 20.4. The zero-order valence-electron chi connectivity index (χ0n) is 12.6. The van der Waals surface area contributed by atoms with Gasteiger partial charge in [-0.15, -0.1) is 0 Å². The van der Waals surface area contributed by atoms with E-state index < -0.39 is 41.1 Å². The van der Waals surface area contributed by atoms with Crippen molar-refractivity contribution in [3.63, 3.8) is 0 Å². The van der Waals surface area contributed by atoms with Crippen molar-refractivity contribution in [3.8, 4) is 5.75 Å². The number of hydrogen-bond donors (Lipinski definition) is 1. The quantitative estimate of drug-likeness (QED) is 0.350. The van der Waals surface area contributed by atoms with Gasteiger partial charge in [0.1, 0.15) is 5.75 Å². The number of carbonyl (C=O) groups excluding carboxylic acids is 3. The van der Waals surface area contributed by atoms with Gasteiger partial charge in [-0.1, -0.05) is 12.1 Å². The largest absolute Gasteiger partial charge is 0.491 e. The van der Waals surface area contributed by atoms with Crippen LogP contribution in [0, 0.1) is 0 Å². The van der Waals surface area contributed by atoms with Gasteiger partial charge in [-0.25, -0.2) is 4.79 Å². The smallest absolute Gasteiger partial charge is 0.420 e. The second-order valence-corrected chi connectivity index (χ2v) is 5.77. The maximum atomic E-state index is 12.2. The average Bonchev–Trinajstić information content (AvgIpc) is 2.87. The summed E-state index contributed by atoms with van der Waals surface area (Å²) in [7, 11) is 0. The molecular weight excluding hydrogens is 406 g/mol. The molecule has 0 aromatic heterocycles. The molecule has 0 radical (unpaired) electrons. The van der Waals surface area contributed by atoms with Gasteiger partial charge in [-0.3, -0.25) is 14.9 Å². The summed E-state index contributed by atoms with van der Waals surface area (Å²) in [5, 5.41) is 0.868. The molecule has 0 unspecified atom stereocenters. The van der Waals surface area contributed by atoms with Gasteiger partial charge in [-0.05, 0) is 35.5 Å². The van der Waals surface area contributed by atoms with Crippen LogP contribution in [-0.2, 0) is 14.4 Å². The van der Waals surface area contributed by atoms with E-state index in [1.54, 1.807) is 0 Å². The van der Waals surface area contributed by atoms with E-state index in [1.807, 2.05) is 0 Å². The fourth-order valence-electron chi connectivity index (χ4n) is 1.58. The van der Waals surface area contributed by atoms with E-state index in [0.717, 1.165) is 12.1 Å². The lowest BCUT2D eigenvalue weighted by Gasteiger charge is -2.07. The van der Waals surface area contributed by atoms with Crippen LogP contribution < -0.4 is 10.1 Å². The number of alkyl halides is 6. The molecule has 0 saturated heterocycles. The first-order chi connectivity index (χ1) is 12.4.